The van der Waals surface area contributed by atoms with Crippen LogP contribution in [0.4, 0.5) is 0 Å². The first-order valence-electron chi connectivity index (χ1n) is 22.0. The molecule has 1 amide bonds. The van der Waals surface area contributed by atoms with E-state index in [0.29, 0.717) is 12.8 Å². The number of hydrogen-bond donors (Lipinski definition) is 3. The fourth-order valence-corrected chi connectivity index (χ4v) is 7.16. The van der Waals surface area contributed by atoms with Crippen molar-refractivity contribution in [3.63, 3.8) is 0 Å². The van der Waals surface area contributed by atoms with Crippen LogP contribution in [0.2, 0.25) is 0 Å². The summed E-state index contributed by atoms with van der Waals surface area (Å²) < 4.78 is 32.5. The first-order valence-corrected chi connectivity index (χ1v) is 23.6. The quantitative estimate of drug-likeness (QED) is 0.0329. The molecular weight excluding hydrogens is 679 g/mol. The normalized spacial score (nSPS) is 13.8. The molecule has 0 aromatic heterocycles. The minimum Gasteiger partial charge on any atom is -0.387 e. The third-order valence-corrected chi connectivity index (χ3v) is 10.5. The lowest BCUT2D eigenvalue weighted by atomic mass is 10.0. The van der Waals surface area contributed by atoms with Crippen molar-refractivity contribution in [3.05, 3.63) is 60.8 Å². The van der Waals surface area contributed by atoms with Gasteiger partial charge in [-0.15, -0.1) is 0 Å². The van der Waals surface area contributed by atoms with Gasteiger partial charge in [-0.25, -0.2) is 0 Å². The van der Waals surface area contributed by atoms with E-state index in [1.54, 1.807) is 0 Å². The summed E-state index contributed by atoms with van der Waals surface area (Å²) in [5.41, 5.74) is 0. The number of carbonyl (C=O) groups is 1. The predicted octanol–water partition coefficient (Wildman–Crippen LogP) is 13.2. The molecule has 0 fully saturated rings. The minimum atomic E-state index is -4.36. The van der Waals surface area contributed by atoms with E-state index in [0.717, 1.165) is 57.8 Å². The number of unbranched alkanes of at least 4 members (excludes halogenated alkanes) is 23. The average molecular weight is 762 g/mol. The van der Waals surface area contributed by atoms with Gasteiger partial charge in [0.1, 0.15) is 0 Å². The van der Waals surface area contributed by atoms with Gasteiger partial charge in [0.05, 0.1) is 17.9 Å². The second-order valence-corrected chi connectivity index (χ2v) is 16.4. The molecule has 6 nitrogen and oxygen atoms in total. The molecule has 0 spiro atoms. The predicted molar refractivity (Wildman–Crippen MR) is 230 cm³/mol. The largest absolute Gasteiger partial charge is 0.387 e. The second-order valence-electron chi connectivity index (χ2n) is 14.9. The Kier molecular flexibility index (Phi) is 38.3. The molecule has 0 saturated heterocycles. The van der Waals surface area contributed by atoms with Gasteiger partial charge in [0.15, 0.2) is 0 Å². The molecule has 0 aliphatic carbocycles. The second kappa shape index (κ2) is 39.7. The lowest BCUT2D eigenvalue weighted by molar-refractivity contribution is -0.122. The molecule has 0 saturated carbocycles. The van der Waals surface area contributed by atoms with Gasteiger partial charge in [-0.1, -0.05) is 197 Å². The van der Waals surface area contributed by atoms with E-state index in [1.165, 1.54) is 122 Å². The van der Waals surface area contributed by atoms with E-state index in [2.05, 4.69) is 67.8 Å². The van der Waals surface area contributed by atoms with E-state index in [9.17, 15) is 22.9 Å². The van der Waals surface area contributed by atoms with Gasteiger partial charge in [0.2, 0.25) is 5.91 Å². The summed E-state index contributed by atoms with van der Waals surface area (Å²) in [5.74, 6) is -1.02. The third kappa shape index (κ3) is 41.1. The maximum absolute atomic E-state index is 12.5. The number of amides is 1. The van der Waals surface area contributed by atoms with E-state index in [4.69, 9.17) is 0 Å². The van der Waals surface area contributed by atoms with E-state index >= 15 is 0 Å². The SMILES string of the molecule is CC/C=C\C/C=C\C/C=C\CCCCCCCCCC(=O)NC(CS(=O)(=O)O)C(O)/C=C/CC/C=C/CCCCCCCCCCCCCCCCC. The van der Waals surface area contributed by atoms with Crippen LogP contribution in [0.15, 0.2) is 60.8 Å². The van der Waals surface area contributed by atoms with Crippen molar-refractivity contribution in [1.82, 2.24) is 5.32 Å². The maximum Gasteiger partial charge on any atom is 0.267 e. The highest BCUT2D eigenvalue weighted by molar-refractivity contribution is 7.85. The average Bonchev–Trinajstić information content (AvgIpc) is 3.12. The van der Waals surface area contributed by atoms with Gasteiger partial charge in [-0.2, -0.15) is 8.42 Å². The van der Waals surface area contributed by atoms with Crippen LogP contribution in [0.1, 0.15) is 206 Å². The number of allylic oxidation sites excluding steroid dienone is 9. The molecule has 0 aliphatic heterocycles. The highest BCUT2D eigenvalue weighted by Gasteiger charge is 2.24. The lowest BCUT2D eigenvalue weighted by Crippen LogP contribution is -2.46. The smallest absolute Gasteiger partial charge is 0.267 e. The molecule has 3 N–H and O–H groups in total. The molecule has 0 aromatic rings. The van der Waals surface area contributed by atoms with Crippen LogP contribution in [-0.4, -0.2) is 41.9 Å². The summed E-state index contributed by atoms with van der Waals surface area (Å²) in [5, 5.41) is 13.2. The molecule has 0 bridgehead atoms. The number of rotatable bonds is 39. The van der Waals surface area contributed by atoms with Crippen LogP contribution in [0.5, 0.6) is 0 Å². The Morgan fingerprint density at radius 3 is 1.42 bits per heavy atom. The summed E-state index contributed by atoms with van der Waals surface area (Å²) in [4.78, 5) is 12.5. The van der Waals surface area contributed by atoms with Crippen molar-refractivity contribution >= 4 is 16.0 Å². The molecule has 0 rings (SSSR count). The molecule has 2 unspecified atom stereocenters. The topological polar surface area (TPSA) is 104 Å². The van der Waals surface area contributed by atoms with Crippen molar-refractivity contribution in [3.8, 4) is 0 Å². The van der Waals surface area contributed by atoms with Crippen LogP contribution in [-0.2, 0) is 14.9 Å². The number of aliphatic hydroxyl groups is 1. The third-order valence-electron chi connectivity index (χ3n) is 9.68. The van der Waals surface area contributed by atoms with Crippen molar-refractivity contribution in [1.29, 1.82) is 0 Å². The van der Waals surface area contributed by atoms with Gasteiger partial charge in [0.25, 0.3) is 10.1 Å². The molecular formula is C46H83NO5S. The molecule has 53 heavy (non-hydrogen) atoms. The van der Waals surface area contributed by atoms with E-state index < -0.39 is 28.0 Å². The zero-order valence-corrected chi connectivity index (χ0v) is 35.2. The summed E-state index contributed by atoms with van der Waals surface area (Å²) in [6.07, 6.45) is 55.0. The van der Waals surface area contributed by atoms with Crippen LogP contribution in [0.25, 0.3) is 0 Å². The number of nitrogens with one attached hydrogen (secondary N) is 1. The number of carbonyl (C=O) groups excluding carboxylic acids is 1. The molecule has 308 valence electrons. The zero-order valence-electron chi connectivity index (χ0n) is 34.4. The Hall–Kier alpha value is -1.96. The summed E-state index contributed by atoms with van der Waals surface area (Å²) >= 11 is 0. The van der Waals surface area contributed by atoms with Gasteiger partial charge in [-0.05, 0) is 64.2 Å². The van der Waals surface area contributed by atoms with E-state index in [1.807, 2.05) is 6.08 Å². The van der Waals surface area contributed by atoms with Crippen LogP contribution in [0, 0.1) is 0 Å². The van der Waals surface area contributed by atoms with Gasteiger partial charge in [-0.3, -0.25) is 9.35 Å². The molecule has 0 aromatic carbocycles. The maximum atomic E-state index is 12.5. The molecule has 2 atom stereocenters. The monoisotopic (exact) mass is 762 g/mol. The highest BCUT2D eigenvalue weighted by atomic mass is 32.2. The van der Waals surface area contributed by atoms with Gasteiger partial charge < -0.3 is 10.4 Å². The van der Waals surface area contributed by atoms with Crippen LogP contribution in [0.3, 0.4) is 0 Å². The Morgan fingerprint density at radius 2 is 0.925 bits per heavy atom. The minimum absolute atomic E-state index is 0.274. The van der Waals surface area contributed by atoms with Crippen molar-refractivity contribution in [2.75, 3.05) is 5.75 Å². The molecule has 0 aliphatic rings. The van der Waals surface area contributed by atoms with Crippen LogP contribution < -0.4 is 5.32 Å². The molecule has 0 radical (unpaired) electrons. The Labute approximate surface area is 328 Å². The summed E-state index contributed by atoms with van der Waals surface area (Å²) in [7, 11) is -4.36. The molecule has 0 heterocycles. The lowest BCUT2D eigenvalue weighted by Gasteiger charge is -2.21. The number of aliphatic hydroxyl groups excluding tert-OH is 1. The molecule has 7 heteroatoms. The Bertz CT molecular complexity index is 1060. The summed E-state index contributed by atoms with van der Waals surface area (Å²) in [6.45, 7) is 4.42. The van der Waals surface area contributed by atoms with Crippen molar-refractivity contribution < 1.29 is 22.9 Å². The van der Waals surface area contributed by atoms with Crippen molar-refractivity contribution in [2.24, 2.45) is 0 Å². The van der Waals surface area contributed by atoms with Crippen LogP contribution >= 0.6 is 0 Å². The Balaban J connectivity index is 3.94. The first-order chi connectivity index (χ1) is 25.8. The standard InChI is InChI=1S/C46H83NO5S/c1-3-5-7-9-11-13-15-17-19-21-22-23-24-26-27-29-31-33-35-37-39-41-45(48)44(43-53(50,51)52)47-46(49)42-40-38-36-34-32-30-28-25-20-18-16-14-12-10-8-6-4-2/h6,8,12,14,18,20,31,33,39,41,44-45,48H,3-5,7,9-11,13,15-17,19,21-30,32,34-38,40,42-43H2,1-2H3,(H,47,49)(H,50,51,52)/b8-6-,14-12-,20-18-,33-31+,41-39+. The Morgan fingerprint density at radius 1 is 0.528 bits per heavy atom. The number of hydrogen-bond acceptors (Lipinski definition) is 4. The highest BCUT2D eigenvalue weighted by Crippen LogP contribution is 2.14. The summed E-state index contributed by atoms with van der Waals surface area (Å²) in [6, 6.07) is -1.08. The fourth-order valence-electron chi connectivity index (χ4n) is 6.42. The first kappa shape index (κ1) is 51.0. The fraction of sp³-hybridized carbons (Fsp3) is 0.761. The zero-order chi connectivity index (χ0) is 38.9. The van der Waals surface area contributed by atoms with Gasteiger partial charge in [0, 0.05) is 6.42 Å². The van der Waals surface area contributed by atoms with E-state index in [-0.39, 0.29) is 12.3 Å². The van der Waals surface area contributed by atoms with Crippen molar-refractivity contribution in [2.45, 2.75) is 219 Å². The van der Waals surface area contributed by atoms with Gasteiger partial charge >= 0.3 is 0 Å².